The lowest BCUT2D eigenvalue weighted by molar-refractivity contribution is -0.137. The van der Waals surface area contributed by atoms with Crippen molar-refractivity contribution >= 4 is 29.0 Å². The van der Waals surface area contributed by atoms with Crippen LogP contribution in [0.4, 0.5) is 23.2 Å². The maximum Gasteiger partial charge on any atom is 0.417 e. The number of rotatable bonds is 4. The predicted octanol–water partition coefficient (Wildman–Crippen LogP) is 3.41. The summed E-state index contributed by atoms with van der Waals surface area (Å²) >= 11 is 5.79. The summed E-state index contributed by atoms with van der Waals surface area (Å²) < 4.78 is 53.2. The lowest BCUT2D eigenvalue weighted by atomic mass is 10.0. The van der Waals surface area contributed by atoms with E-state index in [1.54, 1.807) is 0 Å². The summed E-state index contributed by atoms with van der Waals surface area (Å²) in [4.78, 5) is 27.9. The lowest BCUT2D eigenvalue weighted by Gasteiger charge is -2.17. The number of ketones is 1. The monoisotopic (exact) mass is 389 g/mol. The van der Waals surface area contributed by atoms with Gasteiger partial charge in [-0.3, -0.25) is 9.59 Å². The third-order valence-electron chi connectivity index (χ3n) is 3.32. The Hall–Kier alpha value is -2.52. The van der Waals surface area contributed by atoms with Crippen molar-refractivity contribution in [2.24, 2.45) is 5.73 Å². The molecule has 2 rings (SSSR count). The van der Waals surface area contributed by atoms with Gasteiger partial charge in [-0.2, -0.15) is 13.2 Å². The smallest absolute Gasteiger partial charge is 0.324 e. The number of nitrogens with one attached hydrogen (secondary N) is 1. The Balaban J connectivity index is 2.68. The van der Waals surface area contributed by atoms with Gasteiger partial charge < -0.3 is 11.1 Å². The lowest BCUT2D eigenvalue weighted by Crippen LogP contribution is -2.33. The Labute approximate surface area is 150 Å². The molecule has 0 radical (unpaired) electrons. The van der Waals surface area contributed by atoms with E-state index in [1.165, 1.54) is 13.0 Å². The van der Waals surface area contributed by atoms with Gasteiger partial charge in [-0.1, -0.05) is 11.6 Å². The largest absolute Gasteiger partial charge is 0.417 e. The molecule has 0 spiro atoms. The van der Waals surface area contributed by atoms with Crippen molar-refractivity contribution in [1.82, 2.24) is 4.98 Å². The Morgan fingerprint density at radius 1 is 1.27 bits per heavy atom. The molecule has 0 aliphatic heterocycles. The first kappa shape index (κ1) is 19.8. The second kappa shape index (κ2) is 7.38. The minimum atomic E-state index is -4.86. The Kier molecular flexibility index (Phi) is 5.62. The van der Waals surface area contributed by atoms with Gasteiger partial charge in [0.05, 0.1) is 27.9 Å². The van der Waals surface area contributed by atoms with Crippen molar-refractivity contribution in [3.05, 3.63) is 58.1 Å². The molecule has 1 aromatic heterocycles. The van der Waals surface area contributed by atoms with Crippen LogP contribution in [0.15, 0.2) is 30.5 Å². The van der Waals surface area contributed by atoms with E-state index in [9.17, 15) is 27.2 Å². The van der Waals surface area contributed by atoms with Gasteiger partial charge in [-0.15, -0.1) is 0 Å². The van der Waals surface area contributed by atoms with Crippen molar-refractivity contribution in [3.63, 3.8) is 0 Å². The molecular weight excluding hydrogens is 378 g/mol. The summed E-state index contributed by atoms with van der Waals surface area (Å²) in [7, 11) is 0. The van der Waals surface area contributed by atoms with Gasteiger partial charge in [0.15, 0.2) is 5.82 Å². The summed E-state index contributed by atoms with van der Waals surface area (Å²) in [5, 5.41) is 1.24. The summed E-state index contributed by atoms with van der Waals surface area (Å²) in [5.41, 5.74) is 2.30. The molecule has 138 valence electrons. The number of carbonyl (C=O) groups is 2. The van der Waals surface area contributed by atoms with E-state index in [-0.39, 0.29) is 5.69 Å². The van der Waals surface area contributed by atoms with E-state index in [0.717, 1.165) is 18.3 Å². The summed E-state index contributed by atoms with van der Waals surface area (Å²) in [6, 6.07) is 2.57. The molecule has 10 heteroatoms. The fourth-order valence-electron chi connectivity index (χ4n) is 2.04. The van der Waals surface area contributed by atoms with Crippen LogP contribution in [0.5, 0.6) is 0 Å². The van der Waals surface area contributed by atoms with Crippen molar-refractivity contribution in [3.8, 4) is 0 Å². The molecule has 0 fully saturated rings. The van der Waals surface area contributed by atoms with E-state index in [4.69, 9.17) is 17.3 Å². The average Bonchev–Trinajstić information content (AvgIpc) is 2.53. The molecule has 2 aromatic rings. The highest BCUT2D eigenvalue weighted by atomic mass is 35.5. The Morgan fingerprint density at radius 2 is 1.92 bits per heavy atom. The van der Waals surface area contributed by atoms with Gasteiger partial charge in [-0.25, -0.2) is 9.37 Å². The van der Waals surface area contributed by atoms with Gasteiger partial charge in [0.25, 0.3) is 0 Å². The molecule has 0 unspecified atom stereocenters. The number of hydrogen-bond acceptors (Lipinski definition) is 4. The zero-order valence-electron chi connectivity index (χ0n) is 13.2. The number of halogens is 5. The number of benzene rings is 1. The average molecular weight is 390 g/mol. The first-order valence-electron chi connectivity index (χ1n) is 7.15. The van der Waals surface area contributed by atoms with E-state index in [1.807, 2.05) is 0 Å². The second-order valence-electron chi connectivity index (χ2n) is 5.29. The van der Waals surface area contributed by atoms with Crippen LogP contribution in [0, 0.1) is 5.82 Å². The van der Waals surface area contributed by atoms with Crippen LogP contribution in [0.2, 0.25) is 5.02 Å². The second-order valence-corrected chi connectivity index (χ2v) is 5.67. The number of nitrogens with two attached hydrogens (primary N) is 1. The molecule has 1 aromatic carbocycles. The molecular formula is C16H12ClF4N3O2. The van der Waals surface area contributed by atoms with E-state index in [0.29, 0.717) is 6.07 Å². The molecule has 0 saturated carbocycles. The number of pyridine rings is 1. The van der Waals surface area contributed by atoms with Crippen molar-refractivity contribution in [1.29, 1.82) is 0 Å². The zero-order chi connectivity index (χ0) is 19.6. The summed E-state index contributed by atoms with van der Waals surface area (Å²) in [5.74, 6) is -3.02. The summed E-state index contributed by atoms with van der Waals surface area (Å²) in [6.07, 6.45) is -3.77. The fraction of sp³-hybridized carbons (Fsp3) is 0.188. The van der Waals surface area contributed by atoms with Crippen molar-refractivity contribution < 1.29 is 27.2 Å². The molecule has 0 aliphatic rings. The van der Waals surface area contributed by atoms with Crippen LogP contribution >= 0.6 is 11.6 Å². The van der Waals surface area contributed by atoms with Gasteiger partial charge in [0.1, 0.15) is 5.69 Å². The third-order valence-corrected chi connectivity index (χ3v) is 3.71. The number of hydrogen-bond donors (Lipinski definition) is 2. The molecule has 1 amide bonds. The van der Waals surface area contributed by atoms with Gasteiger partial charge in [-0.05, 0) is 31.2 Å². The highest BCUT2D eigenvalue weighted by Crippen LogP contribution is 2.39. The fourth-order valence-corrected chi connectivity index (χ4v) is 2.40. The standard InChI is InChI=1S/C16H12ClF4N3O2/c1-7(22)15(26)24-10-5-4-8(16(19,20)21)12(17)11(10)14(25)13-9(18)3-2-6-23-13/h2-7H,22H2,1H3,(H,24,26)/t7-/m0/s1. The molecule has 1 atom stereocenters. The van der Waals surface area contributed by atoms with Crippen LogP contribution in [0.3, 0.4) is 0 Å². The molecule has 26 heavy (non-hydrogen) atoms. The van der Waals surface area contributed by atoms with Crippen LogP contribution in [0.25, 0.3) is 0 Å². The molecule has 0 bridgehead atoms. The van der Waals surface area contributed by atoms with Crippen molar-refractivity contribution in [2.75, 3.05) is 5.32 Å². The topological polar surface area (TPSA) is 85.1 Å². The molecule has 0 saturated heterocycles. The normalized spacial score (nSPS) is 12.6. The van der Waals surface area contributed by atoms with Crippen LogP contribution in [0.1, 0.15) is 28.5 Å². The number of nitrogens with zero attached hydrogens (tertiary/aromatic N) is 1. The van der Waals surface area contributed by atoms with Crippen LogP contribution in [-0.2, 0) is 11.0 Å². The third kappa shape index (κ3) is 4.00. The number of amides is 1. The molecule has 0 aliphatic carbocycles. The zero-order valence-corrected chi connectivity index (χ0v) is 14.0. The van der Waals surface area contributed by atoms with E-state index >= 15 is 0 Å². The van der Waals surface area contributed by atoms with Crippen LogP contribution in [-0.4, -0.2) is 22.7 Å². The molecule has 5 nitrogen and oxygen atoms in total. The Bertz CT molecular complexity index is 869. The highest BCUT2D eigenvalue weighted by Gasteiger charge is 2.36. The van der Waals surface area contributed by atoms with Gasteiger partial charge in [0.2, 0.25) is 11.7 Å². The number of anilines is 1. The number of alkyl halides is 3. The maximum atomic E-state index is 13.9. The molecule has 1 heterocycles. The van der Waals surface area contributed by atoms with Gasteiger partial charge >= 0.3 is 6.18 Å². The highest BCUT2D eigenvalue weighted by molar-refractivity contribution is 6.37. The Morgan fingerprint density at radius 3 is 2.46 bits per heavy atom. The SMILES string of the molecule is C[C@H](N)C(=O)Nc1ccc(C(F)(F)F)c(Cl)c1C(=O)c1ncccc1F. The molecule has 3 N–H and O–H groups in total. The minimum Gasteiger partial charge on any atom is -0.324 e. The first-order valence-corrected chi connectivity index (χ1v) is 7.53. The first-order chi connectivity index (χ1) is 12.0. The number of aromatic nitrogens is 1. The van der Waals surface area contributed by atoms with Gasteiger partial charge in [0, 0.05) is 6.20 Å². The maximum absolute atomic E-state index is 13.9. The predicted molar refractivity (Wildman–Crippen MR) is 86.4 cm³/mol. The van der Waals surface area contributed by atoms with E-state index < -0.39 is 51.6 Å². The minimum absolute atomic E-state index is 0.333. The quantitative estimate of drug-likeness (QED) is 0.620. The summed E-state index contributed by atoms with van der Waals surface area (Å²) in [6.45, 7) is 1.33. The van der Waals surface area contributed by atoms with Crippen LogP contribution < -0.4 is 11.1 Å². The van der Waals surface area contributed by atoms with Crippen molar-refractivity contribution in [2.45, 2.75) is 19.1 Å². The number of carbonyl (C=O) groups excluding carboxylic acids is 2. The van der Waals surface area contributed by atoms with E-state index in [2.05, 4.69) is 10.3 Å².